The molecule has 0 amide bonds. The highest BCUT2D eigenvalue weighted by Crippen LogP contribution is 1.95. The van der Waals surface area contributed by atoms with Crippen molar-refractivity contribution in [1.82, 2.24) is 10.2 Å². The van der Waals surface area contributed by atoms with Crippen LogP contribution < -0.4 is 5.32 Å². The van der Waals surface area contributed by atoms with Crippen LogP contribution in [-0.2, 0) is 0 Å². The van der Waals surface area contributed by atoms with Crippen LogP contribution in [-0.4, -0.2) is 24.2 Å². The highest BCUT2D eigenvalue weighted by Gasteiger charge is 2.06. The number of nitrogens with one attached hydrogen (secondary N) is 1. The van der Waals surface area contributed by atoms with Gasteiger partial charge in [0, 0.05) is 6.54 Å². The van der Waals surface area contributed by atoms with Gasteiger partial charge in [-0.15, -0.1) is 0 Å². The predicted octanol–water partition coefficient (Wildman–Crippen LogP) is 1.84. The topological polar surface area (TPSA) is 15.3 Å². The summed E-state index contributed by atoms with van der Waals surface area (Å²) in [5.41, 5.74) is 0. The third kappa shape index (κ3) is 4.38. The molecule has 0 spiro atoms. The molecule has 1 atom stereocenters. The molecule has 0 aromatic rings. The van der Waals surface area contributed by atoms with E-state index in [4.69, 9.17) is 0 Å². The van der Waals surface area contributed by atoms with E-state index in [1.165, 1.54) is 0 Å². The highest BCUT2D eigenvalue weighted by atomic mass is 15.2. The Morgan fingerprint density at radius 3 is 2.18 bits per heavy atom. The minimum atomic E-state index is 0.477. The van der Waals surface area contributed by atoms with Crippen LogP contribution in [0.4, 0.5) is 0 Å². The van der Waals surface area contributed by atoms with Crippen LogP contribution in [0.25, 0.3) is 0 Å². The maximum Gasteiger partial charge on any atom is 0.0570 e. The molecule has 0 bridgehead atoms. The quantitative estimate of drug-likeness (QED) is 0.592. The van der Waals surface area contributed by atoms with Crippen molar-refractivity contribution < 1.29 is 0 Å². The molecule has 1 radical (unpaired) electrons. The average Bonchev–Trinajstić information content (AvgIpc) is 2.03. The summed E-state index contributed by atoms with van der Waals surface area (Å²) in [5.74, 6) is 0. The Morgan fingerprint density at radius 2 is 1.82 bits per heavy atom. The van der Waals surface area contributed by atoms with Crippen molar-refractivity contribution in [2.24, 2.45) is 0 Å². The van der Waals surface area contributed by atoms with Gasteiger partial charge in [-0.05, 0) is 26.4 Å². The minimum Gasteiger partial charge on any atom is -0.298 e. The molecule has 11 heavy (non-hydrogen) atoms. The van der Waals surface area contributed by atoms with Gasteiger partial charge in [0.15, 0.2) is 0 Å². The molecule has 0 saturated heterocycles. The van der Waals surface area contributed by atoms with Crippen molar-refractivity contribution in [3.05, 3.63) is 6.54 Å². The normalized spacial score (nSPS) is 13.9. The number of hydrogen-bond donors (Lipinski definition) is 1. The summed E-state index contributed by atoms with van der Waals surface area (Å²) in [6.45, 7) is 13.1. The Hall–Kier alpha value is -0.0800. The van der Waals surface area contributed by atoms with Crippen molar-refractivity contribution in [3.8, 4) is 0 Å². The first kappa shape index (κ1) is 10.9. The van der Waals surface area contributed by atoms with Gasteiger partial charge < -0.3 is 0 Å². The van der Waals surface area contributed by atoms with Crippen LogP contribution >= 0.6 is 0 Å². The second kappa shape index (κ2) is 6.62. The van der Waals surface area contributed by atoms with Crippen molar-refractivity contribution in [3.63, 3.8) is 0 Å². The van der Waals surface area contributed by atoms with Crippen molar-refractivity contribution in [2.75, 3.05) is 13.1 Å². The molecule has 0 fully saturated rings. The summed E-state index contributed by atoms with van der Waals surface area (Å²) >= 11 is 0. The maximum atomic E-state index is 3.34. The van der Waals surface area contributed by atoms with Gasteiger partial charge in [0.25, 0.3) is 0 Å². The standard InChI is InChI=1S/C9H21N2/c1-5-8-10-9(4)11(6-2)7-3/h8-10H,5-7H2,1-4H3. The first-order chi connectivity index (χ1) is 5.26. The lowest BCUT2D eigenvalue weighted by atomic mass is 10.4. The van der Waals surface area contributed by atoms with Gasteiger partial charge in [0.05, 0.1) is 6.17 Å². The van der Waals surface area contributed by atoms with E-state index in [-0.39, 0.29) is 0 Å². The summed E-state index contributed by atoms with van der Waals surface area (Å²) < 4.78 is 0. The molecular formula is C9H21N2. The van der Waals surface area contributed by atoms with Gasteiger partial charge in [-0.1, -0.05) is 20.8 Å². The van der Waals surface area contributed by atoms with Crippen molar-refractivity contribution in [1.29, 1.82) is 0 Å². The minimum absolute atomic E-state index is 0.477. The molecule has 0 aliphatic rings. The Morgan fingerprint density at radius 1 is 1.27 bits per heavy atom. The van der Waals surface area contributed by atoms with Gasteiger partial charge in [0.2, 0.25) is 0 Å². The lowest BCUT2D eigenvalue weighted by molar-refractivity contribution is 0.206. The Labute approximate surface area is 71.0 Å². The fourth-order valence-corrected chi connectivity index (χ4v) is 1.17. The largest absolute Gasteiger partial charge is 0.298 e. The Bertz CT molecular complexity index is 79.6. The summed E-state index contributed by atoms with van der Waals surface area (Å²) in [6, 6.07) is 0. The molecular weight excluding hydrogens is 136 g/mol. The fraction of sp³-hybridized carbons (Fsp3) is 0.889. The molecule has 0 heterocycles. The number of rotatable bonds is 6. The van der Waals surface area contributed by atoms with E-state index in [1.54, 1.807) is 0 Å². The van der Waals surface area contributed by atoms with E-state index in [9.17, 15) is 0 Å². The SMILES string of the molecule is CC[CH]NC(C)N(CC)CC. The molecule has 0 aromatic carbocycles. The summed E-state index contributed by atoms with van der Waals surface area (Å²) in [5, 5.41) is 3.34. The third-order valence-electron chi connectivity index (χ3n) is 1.92. The zero-order valence-electron chi connectivity index (χ0n) is 8.22. The highest BCUT2D eigenvalue weighted by molar-refractivity contribution is 4.67. The molecule has 0 aliphatic heterocycles. The van der Waals surface area contributed by atoms with Crippen LogP contribution in [0.15, 0.2) is 0 Å². The predicted molar refractivity (Wildman–Crippen MR) is 50.1 cm³/mol. The first-order valence-corrected chi connectivity index (χ1v) is 4.57. The Balaban J connectivity index is 3.51. The van der Waals surface area contributed by atoms with Gasteiger partial charge >= 0.3 is 0 Å². The fourth-order valence-electron chi connectivity index (χ4n) is 1.17. The molecule has 67 valence electrons. The summed E-state index contributed by atoms with van der Waals surface area (Å²) in [7, 11) is 0. The van der Waals surface area contributed by atoms with E-state index in [0.29, 0.717) is 6.17 Å². The number of hydrogen-bond acceptors (Lipinski definition) is 2. The second-order valence-electron chi connectivity index (χ2n) is 2.68. The molecule has 0 aliphatic carbocycles. The summed E-state index contributed by atoms with van der Waals surface area (Å²) in [6.07, 6.45) is 1.57. The van der Waals surface area contributed by atoms with E-state index in [1.807, 2.05) is 0 Å². The average molecular weight is 157 g/mol. The Kier molecular flexibility index (Phi) is 6.57. The number of nitrogens with zero attached hydrogens (tertiary/aromatic N) is 1. The molecule has 2 heteroatoms. The van der Waals surface area contributed by atoms with E-state index in [0.717, 1.165) is 19.5 Å². The molecule has 1 unspecified atom stereocenters. The van der Waals surface area contributed by atoms with Crippen molar-refractivity contribution in [2.45, 2.75) is 40.3 Å². The molecule has 1 N–H and O–H groups in total. The van der Waals surface area contributed by atoms with Gasteiger partial charge in [0.1, 0.15) is 0 Å². The van der Waals surface area contributed by atoms with Crippen LogP contribution in [0.1, 0.15) is 34.1 Å². The monoisotopic (exact) mass is 157 g/mol. The van der Waals surface area contributed by atoms with Crippen molar-refractivity contribution >= 4 is 0 Å². The van der Waals surface area contributed by atoms with E-state index < -0.39 is 0 Å². The first-order valence-electron chi connectivity index (χ1n) is 4.57. The van der Waals surface area contributed by atoms with Crippen LogP contribution in [0.2, 0.25) is 0 Å². The lowest BCUT2D eigenvalue weighted by Crippen LogP contribution is -2.42. The summed E-state index contributed by atoms with van der Waals surface area (Å²) in [4.78, 5) is 2.38. The van der Waals surface area contributed by atoms with Crippen LogP contribution in [0.3, 0.4) is 0 Å². The zero-order valence-corrected chi connectivity index (χ0v) is 8.22. The maximum absolute atomic E-state index is 3.34. The van der Waals surface area contributed by atoms with Crippen LogP contribution in [0, 0.1) is 6.54 Å². The van der Waals surface area contributed by atoms with E-state index in [2.05, 4.69) is 44.5 Å². The second-order valence-corrected chi connectivity index (χ2v) is 2.68. The molecule has 2 nitrogen and oxygen atoms in total. The lowest BCUT2D eigenvalue weighted by Gasteiger charge is -2.26. The molecule has 0 rings (SSSR count). The molecule has 0 aromatic heterocycles. The van der Waals surface area contributed by atoms with Crippen LogP contribution in [0.5, 0.6) is 0 Å². The van der Waals surface area contributed by atoms with Gasteiger partial charge in [-0.2, -0.15) is 0 Å². The van der Waals surface area contributed by atoms with E-state index >= 15 is 0 Å². The molecule has 0 saturated carbocycles. The van der Waals surface area contributed by atoms with Gasteiger partial charge in [-0.3, -0.25) is 10.2 Å². The van der Waals surface area contributed by atoms with Gasteiger partial charge in [-0.25, -0.2) is 0 Å². The smallest absolute Gasteiger partial charge is 0.0570 e. The third-order valence-corrected chi connectivity index (χ3v) is 1.92. The zero-order chi connectivity index (χ0) is 8.69.